The highest BCUT2D eigenvalue weighted by Gasteiger charge is 2.45. The number of hydrogen-bond donors (Lipinski definition) is 1. The van der Waals surface area contributed by atoms with E-state index in [1.54, 1.807) is 0 Å². The van der Waals surface area contributed by atoms with Crippen molar-refractivity contribution in [2.45, 2.75) is 62.3 Å². The standard InChI is InChI=1S/C20H28N2O2/c1-2-7-19-17(6-1)18(11-20(24-19)8-4-9-20)21-12-16-13-22-10-3-5-15(22)14-23-16/h1-2,6-7,15-16,18,21H,3-5,8-14H2/t15-,16-,18+/m1/s1. The van der Waals surface area contributed by atoms with Gasteiger partial charge in [-0.2, -0.15) is 0 Å². The molecule has 4 heteroatoms. The van der Waals surface area contributed by atoms with E-state index >= 15 is 0 Å². The monoisotopic (exact) mass is 328 g/mol. The molecule has 1 spiro atoms. The SMILES string of the molecule is c1ccc2c(c1)OC1(CCC1)C[C@@H]2NC[C@@H]1CN2CCC[C@@H]2CO1. The van der Waals surface area contributed by atoms with Crippen molar-refractivity contribution in [1.29, 1.82) is 0 Å². The summed E-state index contributed by atoms with van der Waals surface area (Å²) in [7, 11) is 0. The van der Waals surface area contributed by atoms with Gasteiger partial charge in [-0.25, -0.2) is 0 Å². The van der Waals surface area contributed by atoms with Gasteiger partial charge in [-0.1, -0.05) is 18.2 Å². The lowest BCUT2D eigenvalue weighted by Crippen LogP contribution is -2.52. The van der Waals surface area contributed by atoms with Crippen LogP contribution >= 0.6 is 0 Å². The van der Waals surface area contributed by atoms with Crippen molar-refractivity contribution in [3.63, 3.8) is 0 Å². The molecule has 2 saturated heterocycles. The number of fused-ring (bicyclic) bond motifs is 2. The molecule has 4 aliphatic rings. The van der Waals surface area contributed by atoms with Gasteiger partial charge in [0, 0.05) is 37.2 Å². The number of ether oxygens (including phenoxy) is 2. The van der Waals surface area contributed by atoms with E-state index in [9.17, 15) is 0 Å². The molecule has 0 radical (unpaired) electrons. The van der Waals surface area contributed by atoms with Gasteiger partial charge in [0.2, 0.25) is 0 Å². The molecule has 0 unspecified atom stereocenters. The van der Waals surface area contributed by atoms with Gasteiger partial charge in [-0.15, -0.1) is 0 Å². The minimum atomic E-state index is 0.0967. The summed E-state index contributed by atoms with van der Waals surface area (Å²) in [5, 5.41) is 3.82. The summed E-state index contributed by atoms with van der Waals surface area (Å²) in [4.78, 5) is 2.63. The minimum absolute atomic E-state index is 0.0967. The molecule has 3 fully saturated rings. The molecule has 0 bridgehead atoms. The van der Waals surface area contributed by atoms with Gasteiger partial charge in [0.05, 0.1) is 12.7 Å². The Hall–Kier alpha value is -1.10. The van der Waals surface area contributed by atoms with Crippen molar-refractivity contribution in [3.05, 3.63) is 29.8 Å². The maximum absolute atomic E-state index is 6.35. The van der Waals surface area contributed by atoms with Gasteiger partial charge in [-0.3, -0.25) is 4.90 Å². The molecular formula is C20H28N2O2. The highest BCUT2D eigenvalue weighted by molar-refractivity contribution is 5.39. The summed E-state index contributed by atoms with van der Waals surface area (Å²) in [5.74, 6) is 1.09. The van der Waals surface area contributed by atoms with Crippen molar-refractivity contribution in [2.75, 3.05) is 26.2 Å². The van der Waals surface area contributed by atoms with Gasteiger partial charge >= 0.3 is 0 Å². The molecule has 3 heterocycles. The van der Waals surface area contributed by atoms with Gasteiger partial charge in [0.25, 0.3) is 0 Å². The van der Waals surface area contributed by atoms with Gasteiger partial charge in [-0.05, 0) is 44.7 Å². The van der Waals surface area contributed by atoms with Crippen LogP contribution in [0.4, 0.5) is 0 Å². The Morgan fingerprint density at radius 3 is 3.00 bits per heavy atom. The Morgan fingerprint density at radius 2 is 2.12 bits per heavy atom. The lowest BCUT2D eigenvalue weighted by molar-refractivity contribution is -0.0561. The van der Waals surface area contributed by atoms with Crippen LogP contribution in [0, 0.1) is 0 Å². The molecule has 130 valence electrons. The number of benzene rings is 1. The molecule has 1 aromatic rings. The first-order valence-corrected chi connectivity index (χ1v) is 9.68. The molecule has 1 aliphatic carbocycles. The van der Waals surface area contributed by atoms with Crippen molar-refractivity contribution >= 4 is 0 Å². The second-order valence-corrected chi connectivity index (χ2v) is 8.09. The van der Waals surface area contributed by atoms with Crippen LogP contribution in [0.25, 0.3) is 0 Å². The van der Waals surface area contributed by atoms with Gasteiger partial charge in [0.1, 0.15) is 11.4 Å². The van der Waals surface area contributed by atoms with Crippen molar-refractivity contribution in [2.24, 2.45) is 0 Å². The predicted octanol–water partition coefficient (Wildman–Crippen LogP) is 2.89. The third-order valence-electron chi connectivity index (χ3n) is 6.52. The van der Waals surface area contributed by atoms with Gasteiger partial charge < -0.3 is 14.8 Å². The van der Waals surface area contributed by atoms with Crippen LogP contribution in [-0.4, -0.2) is 48.9 Å². The highest BCUT2D eigenvalue weighted by Crippen LogP contribution is 2.48. The zero-order valence-corrected chi connectivity index (χ0v) is 14.4. The maximum atomic E-state index is 6.35. The van der Waals surface area contributed by atoms with E-state index in [1.165, 1.54) is 44.2 Å². The molecule has 24 heavy (non-hydrogen) atoms. The summed E-state index contributed by atoms with van der Waals surface area (Å²) in [6, 6.07) is 9.65. The van der Waals surface area contributed by atoms with E-state index in [1.807, 2.05) is 0 Å². The van der Waals surface area contributed by atoms with Crippen LogP contribution in [0.15, 0.2) is 24.3 Å². The van der Waals surface area contributed by atoms with Gasteiger partial charge in [0.15, 0.2) is 0 Å². The van der Waals surface area contributed by atoms with E-state index in [4.69, 9.17) is 9.47 Å². The smallest absolute Gasteiger partial charge is 0.124 e. The molecule has 3 atom stereocenters. The van der Waals surface area contributed by atoms with Crippen molar-refractivity contribution in [1.82, 2.24) is 10.2 Å². The first-order valence-electron chi connectivity index (χ1n) is 9.68. The predicted molar refractivity (Wildman–Crippen MR) is 93.3 cm³/mol. The Morgan fingerprint density at radius 1 is 1.21 bits per heavy atom. The molecule has 5 rings (SSSR count). The summed E-state index contributed by atoms with van der Waals surface area (Å²) in [6.45, 7) is 4.21. The maximum Gasteiger partial charge on any atom is 0.124 e. The Balaban J connectivity index is 1.26. The largest absolute Gasteiger partial charge is 0.487 e. The normalized spacial score (nSPS) is 34.2. The van der Waals surface area contributed by atoms with E-state index < -0.39 is 0 Å². The van der Waals surface area contributed by atoms with E-state index in [0.29, 0.717) is 18.2 Å². The summed E-state index contributed by atoms with van der Waals surface area (Å²) in [6.07, 6.45) is 7.79. The highest BCUT2D eigenvalue weighted by atomic mass is 16.5. The summed E-state index contributed by atoms with van der Waals surface area (Å²) in [5.41, 5.74) is 1.42. The molecule has 3 aliphatic heterocycles. The van der Waals surface area contributed by atoms with E-state index in [2.05, 4.69) is 34.5 Å². The zero-order chi connectivity index (χ0) is 16.0. The average molecular weight is 328 g/mol. The number of hydrogen-bond acceptors (Lipinski definition) is 4. The molecular weight excluding hydrogens is 300 g/mol. The summed E-state index contributed by atoms with van der Waals surface area (Å²) >= 11 is 0. The number of morpholine rings is 1. The topological polar surface area (TPSA) is 33.7 Å². The van der Waals surface area contributed by atoms with E-state index in [0.717, 1.165) is 31.9 Å². The third kappa shape index (κ3) is 2.65. The molecule has 0 aromatic heterocycles. The lowest BCUT2D eigenvalue weighted by Gasteiger charge is -2.48. The van der Waals surface area contributed by atoms with Crippen LogP contribution in [0.1, 0.15) is 50.1 Å². The average Bonchev–Trinajstić information content (AvgIpc) is 3.05. The lowest BCUT2D eigenvalue weighted by atomic mass is 9.73. The second kappa shape index (κ2) is 6.01. The Bertz CT molecular complexity index is 601. The summed E-state index contributed by atoms with van der Waals surface area (Å²) < 4.78 is 12.5. The fraction of sp³-hybridized carbons (Fsp3) is 0.700. The van der Waals surface area contributed by atoms with Crippen LogP contribution in [-0.2, 0) is 4.74 Å². The molecule has 0 amide bonds. The molecule has 1 aromatic carbocycles. The quantitative estimate of drug-likeness (QED) is 0.925. The van der Waals surface area contributed by atoms with Crippen LogP contribution in [0.2, 0.25) is 0 Å². The van der Waals surface area contributed by atoms with Crippen molar-refractivity contribution in [3.8, 4) is 5.75 Å². The van der Waals surface area contributed by atoms with Crippen LogP contribution in [0.5, 0.6) is 5.75 Å². The number of nitrogens with zero attached hydrogens (tertiary/aromatic N) is 1. The number of nitrogens with one attached hydrogen (secondary N) is 1. The first kappa shape index (κ1) is 15.2. The second-order valence-electron chi connectivity index (χ2n) is 8.09. The molecule has 1 N–H and O–H groups in total. The van der Waals surface area contributed by atoms with E-state index in [-0.39, 0.29) is 5.60 Å². The number of para-hydroxylation sites is 1. The molecule has 1 saturated carbocycles. The fourth-order valence-corrected chi connectivity index (χ4v) is 4.96. The molecule has 4 nitrogen and oxygen atoms in total. The van der Waals surface area contributed by atoms with Crippen LogP contribution < -0.4 is 10.1 Å². The Labute approximate surface area is 144 Å². The Kier molecular flexibility index (Phi) is 3.80. The minimum Gasteiger partial charge on any atom is -0.487 e. The zero-order valence-electron chi connectivity index (χ0n) is 14.4. The van der Waals surface area contributed by atoms with Crippen LogP contribution in [0.3, 0.4) is 0 Å². The fourth-order valence-electron chi connectivity index (χ4n) is 4.96. The van der Waals surface area contributed by atoms with Crippen molar-refractivity contribution < 1.29 is 9.47 Å². The number of rotatable bonds is 3. The third-order valence-corrected chi connectivity index (χ3v) is 6.52. The first-order chi connectivity index (χ1) is 11.8.